The van der Waals surface area contributed by atoms with Crippen LogP contribution in [0, 0.1) is 0 Å². The third-order valence-corrected chi connectivity index (χ3v) is 6.38. The van der Waals surface area contributed by atoms with Gasteiger partial charge in [-0.15, -0.1) is 0 Å². The molecule has 3 N–H and O–H groups in total. The minimum absolute atomic E-state index is 0.946. The average molecular weight is 406 g/mol. The number of quaternary nitrogens is 1. The molecule has 0 bridgehead atoms. The minimum atomic E-state index is 0.946. The molecule has 0 spiro atoms. The molecule has 0 aromatic carbocycles. The van der Waals surface area contributed by atoms with Crippen LogP contribution in [0.15, 0.2) is 18.2 Å². The first-order chi connectivity index (χ1) is 14.2. The van der Waals surface area contributed by atoms with E-state index in [1.54, 1.807) is 0 Å². The lowest BCUT2D eigenvalue weighted by molar-refractivity contribution is -0.936. The van der Waals surface area contributed by atoms with Crippen LogP contribution in [0.3, 0.4) is 0 Å². The molecule has 0 radical (unpaired) electrons. The van der Waals surface area contributed by atoms with Crippen molar-refractivity contribution in [2.45, 2.75) is 46.7 Å². The van der Waals surface area contributed by atoms with Crippen LogP contribution in [0.2, 0.25) is 0 Å². The second kappa shape index (κ2) is 14.0. The van der Waals surface area contributed by atoms with Gasteiger partial charge in [0.25, 0.3) is 0 Å². The third kappa shape index (κ3) is 9.09. The van der Waals surface area contributed by atoms with E-state index < -0.39 is 0 Å². The third-order valence-electron chi connectivity index (χ3n) is 6.38. The summed E-state index contributed by atoms with van der Waals surface area (Å²) in [4.78, 5) is 7.61. The lowest BCUT2D eigenvalue weighted by Crippen LogP contribution is -2.46. The van der Waals surface area contributed by atoms with Crippen LogP contribution in [0.5, 0.6) is 0 Å². The van der Waals surface area contributed by atoms with Crippen LogP contribution in [0.4, 0.5) is 0 Å². The lowest BCUT2D eigenvalue weighted by Gasteiger charge is -2.35. The summed E-state index contributed by atoms with van der Waals surface area (Å²) in [5.74, 6) is 0. The van der Waals surface area contributed by atoms with Gasteiger partial charge in [-0.3, -0.25) is 9.88 Å². The Kier molecular flexibility index (Phi) is 11.7. The van der Waals surface area contributed by atoms with Crippen molar-refractivity contribution < 1.29 is 4.48 Å². The number of nitrogens with zero attached hydrogens (tertiary/aromatic N) is 3. The Balaban J connectivity index is 1.95. The van der Waals surface area contributed by atoms with Crippen molar-refractivity contribution in [2.75, 3.05) is 72.0 Å². The van der Waals surface area contributed by atoms with Crippen molar-refractivity contribution in [1.82, 2.24) is 25.8 Å². The molecule has 1 aromatic rings. The number of nitrogens with one attached hydrogen (secondary N) is 3. The molecule has 6 heteroatoms. The Morgan fingerprint density at radius 1 is 0.793 bits per heavy atom. The summed E-state index contributed by atoms with van der Waals surface area (Å²) in [6.45, 7) is 21.0. The monoisotopic (exact) mass is 405 g/mol. The van der Waals surface area contributed by atoms with Crippen molar-refractivity contribution in [3.8, 4) is 0 Å². The highest BCUT2D eigenvalue weighted by molar-refractivity contribution is 5.10. The summed E-state index contributed by atoms with van der Waals surface area (Å²) in [7, 11) is 0. The fraction of sp³-hybridized carbons (Fsp3) is 0.783. The van der Waals surface area contributed by atoms with Gasteiger partial charge < -0.3 is 20.4 Å². The zero-order valence-corrected chi connectivity index (χ0v) is 19.2. The number of rotatable bonds is 7. The summed E-state index contributed by atoms with van der Waals surface area (Å²) in [5, 5.41) is 10.6. The molecule has 0 atom stereocenters. The zero-order valence-electron chi connectivity index (χ0n) is 19.2. The van der Waals surface area contributed by atoms with Crippen LogP contribution in [-0.2, 0) is 13.1 Å². The van der Waals surface area contributed by atoms with Crippen molar-refractivity contribution >= 4 is 0 Å². The first-order valence-corrected chi connectivity index (χ1v) is 11.9. The Labute approximate surface area is 179 Å². The van der Waals surface area contributed by atoms with Crippen LogP contribution >= 0.6 is 0 Å². The number of aromatic nitrogens is 1. The van der Waals surface area contributed by atoms with Crippen LogP contribution in [-0.4, -0.2) is 86.4 Å². The van der Waals surface area contributed by atoms with Gasteiger partial charge in [-0.05, 0) is 71.9 Å². The molecule has 0 aliphatic carbocycles. The quantitative estimate of drug-likeness (QED) is 0.604. The summed E-state index contributed by atoms with van der Waals surface area (Å²) in [6, 6.07) is 6.61. The molecule has 2 rings (SSSR count). The maximum atomic E-state index is 5.05. The fourth-order valence-corrected chi connectivity index (χ4v) is 4.11. The molecule has 1 aliphatic heterocycles. The van der Waals surface area contributed by atoms with E-state index in [9.17, 15) is 0 Å². The smallest absolute Gasteiger partial charge is 0.122 e. The molecule has 0 amide bonds. The largest absolute Gasteiger partial charge is 0.319 e. The van der Waals surface area contributed by atoms with E-state index in [1.807, 2.05) is 0 Å². The molecule has 1 fully saturated rings. The predicted molar refractivity (Wildman–Crippen MR) is 123 cm³/mol. The molecule has 2 heterocycles. The van der Waals surface area contributed by atoms with E-state index in [4.69, 9.17) is 4.98 Å². The van der Waals surface area contributed by atoms with Crippen molar-refractivity contribution in [3.05, 3.63) is 29.6 Å². The summed E-state index contributed by atoms with van der Waals surface area (Å²) in [5.41, 5.74) is 2.45. The number of hydrogen-bond donors (Lipinski definition) is 3. The Morgan fingerprint density at radius 3 is 2.10 bits per heavy atom. The Morgan fingerprint density at radius 2 is 1.41 bits per heavy atom. The molecule has 1 aliphatic rings. The summed E-state index contributed by atoms with van der Waals surface area (Å²) in [6.07, 6.45) is 2.37. The van der Waals surface area contributed by atoms with Gasteiger partial charge in [0.05, 0.1) is 31.0 Å². The topological polar surface area (TPSA) is 52.2 Å². The summed E-state index contributed by atoms with van der Waals surface area (Å²) >= 11 is 0. The van der Waals surface area contributed by atoms with Crippen molar-refractivity contribution in [2.24, 2.45) is 0 Å². The number of hydrogen-bond acceptors (Lipinski definition) is 5. The first-order valence-electron chi connectivity index (χ1n) is 11.9. The van der Waals surface area contributed by atoms with Crippen LogP contribution < -0.4 is 16.0 Å². The predicted octanol–water partition coefficient (Wildman–Crippen LogP) is 1.82. The second-order valence-corrected chi connectivity index (χ2v) is 8.30. The molecule has 29 heavy (non-hydrogen) atoms. The van der Waals surface area contributed by atoms with Gasteiger partial charge in [-0.1, -0.05) is 6.07 Å². The van der Waals surface area contributed by atoms with E-state index in [1.165, 1.54) is 43.9 Å². The lowest BCUT2D eigenvalue weighted by atomic mass is 10.2. The second-order valence-electron chi connectivity index (χ2n) is 8.30. The van der Waals surface area contributed by atoms with Gasteiger partial charge in [-0.25, -0.2) is 0 Å². The first kappa shape index (κ1) is 24.2. The van der Waals surface area contributed by atoms with Gasteiger partial charge in [-0.2, -0.15) is 0 Å². The Hall–Kier alpha value is -1.05. The molecule has 6 nitrogen and oxygen atoms in total. The van der Waals surface area contributed by atoms with Gasteiger partial charge in [0, 0.05) is 32.7 Å². The van der Waals surface area contributed by atoms with Crippen LogP contribution in [0.25, 0.3) is 0 Å². The normalized spacial score (nSPS) is 19.0. The summed E-state index contributed by atoms with van der Waals surface area (Å²) < 4.78 is 1.12. The fourth-order valence-electron chi connectivity index (χ4n) is 4.11. The van der Waals surface area contributed by atoms with E-state index in [0.29, 0.717) is 0 Å². The van der Waals surface area contributed by atoms with Crippen LogP contribution in [0.1, 0.15) is 45.0 Å². The standard InChI is InChI=1S/C23H45N6/c1-4-29(5-2,6-3)21-23-11-7-10-22(27-23)20-28-18-9-14-25-16-15-24-12-8-13-26-17-19-28/h7,10-11,24-26H,4-6,8-9,12-21H2,1-3H3/q+1. The highest BCUT2D eigenvalue weighted by Crippen LogP contribution is 2.14. The highest BCUT2D eigenvalue weighted by Gasteiger charge is 2.22. The molecular weight excluding hydrogens is 360 g/mol. The van der Waals surface area contributed by atoms with Gasteiger partial charge in [0.1, 0.15) is 6.54 Å². The van der Waals surface area contributed by atoms with Gasteiger partial charge in [0.2, 0.25) is 0 Å². The highest BCUT2D eigenvalue weighted by atomic mass is 15.3. The van der Waals surface area contributed by atoms with E-state index in [-0.39, 0.29) is 0 Å². The number of pyridine rings is 1. The molecule has 1 aromatic heterocycles. The van der Waals surface area contributed by atoms with E-state index in [2.05, 4.69) is 59.8 Å². The molecule has 1 saturated heterocycles. The minimum Gasteiger partial charge on any atom is -0.319 e. The van der Waals surface area contributed by atoms with E-state index >= 15 is 0 Å². The van der Waals surface area contributed by atoms with E-state index in [0.717, 1.165) is 69.9 Å². The van der Waals surface area contributed by atoms with Crippen molar-refractivity contribution in [1.29, 1.82) is 0 Å². The zero-order chi connectivity index (χ0) is 20.8. The molecule has 166 valence electrons. The maximum absolute atomic E-state index is 5.05. The van der Waals surface area contributed by atoms with Gasteiger partial charge >= 0.3 is 0 Å². The SMILES string of the molecule is CC[N+](CC)(CC)Cc1cccc(CN2CCCNCCNCCCNCC2)n1. The molecular formula is C23H45N6+. The average Bonchev–Trinajstić information content (AvgIpc) is 2.75. The molecule has 0 unspecified atom stereocenters. The van der Waals surface area contributed by atoms with Crippen molar-refractivity contribution in [3.63, 3.8) is 0 Å². The van der Waals surface area contributed by atoms with Gasteiger partial charge in [0.15, 0.2) is 0 Å². The molecule has 0 saturated carbocycles. The maximum Gasteiger partial charge on any atom is 0.122 e. The Bertz CT molecular complexity index is 524.